The lowest BCUT2D eigenvalue weighted by Crippen LogP contribution is -2.63. The Hall–Kier alpha value is -12.1. The largest absolute Gasteiger partial charge is 0.508 e. The van der Waals surface area contributed by atoms with E-state index in [1.807, 2.05) is 0 Å². The van der Waals surface area contributed by atoms with Crippen LogP contribution in [0.1, 0.15) is 67.3 Å². The van der Waals surface area contributed by atoms with Crippen LogP contribution >= 0.6 is 25.3 Å². The number of fused-ring (bicyclic) bond motifs is 2. The summed E-state index contributed by atoms with van der Waals surface area (Å²) in [5, 5.41) is 70.7. The molecule has 8 aromatic rings. The summed E-state index contributed by atoms with van der Waals surface area (Å²) in [6.45, 7) is 3.48. The number of primary amides is 1. The molecule has 0 fully saturated rings. The molecule has 0 aliphatic rings. The molecule has 0 saturated carbocycles. The normalized spacial score (nSPS) is 14.8. The summed E-state index contributed by atoms with van der Waals surface area (Å²) in [6, 6.07) is 9.24. The van der Waals surface area contributed by atoms with Crippen LogP contribution in [0, 0.1) is 5.92 Å². The molecule has 0 unspecified atom stereocenters. The van der Waals surface area contributed by atoms with Gasteiger partial charge in [-0.2, -0.15) is 25.3 Å². The number of nitrogens with one attached hydrogen (secondary N) is 15. The van der Waals surface area contributed by atoms with Gasteiger partial charge in [-0.25, -0.2) is 9.97 Å². The summed E-state index contributed by atoms with van der Waals surface area (Å²) in [5.74, 6) is -14.6. The van der Waals surface area contributed by atoms with E-state index < -0.39 is 187 Å². The van der Waals surface area contributed by atoms with Crippen LogP contribution in [-0.4, -0.2) is 224 Å². The molecular weight excluding hydrogens is 1500 g/mol. The number of nitrogens with zero attached hydrogens (tertiary/aromatic N) is 2. The highest BCUT2D eigenvalue weighted by Gasteiger charge is 2.39. The number of aliphatic hydroxyl groups excluding tert-OH is 2. The number of rotatable bonds is 43. The molecule has 0 aliphatic carbocycles. The third-order valence-electron chi connectivity index (χ3n) is 18.4. The van der Waals surface area contributed by atoms with Gasteiger partial charge in [0, 0.05) is 114 Å². The zero-order valence-electron chi connectivity index (χ0n) is 61.7. The molecule has 13 atom stereocenters. The number of aromatic nitrogens is 6. The lowest BCUT2D eigenvalue weighted by molar-refractivity contribution is -0.138. The van der Waals surface area contributed by atoms with Gasteiger partial charge in [0.15, 0.2) is 0 Å². The predicted molar refractivity (Wildman–Crippen MR) is 417 cm³/mol. The third kappa shape index (κ3) is 25.2. The second-order valence-corrected chi connectivity index (χ2v) is 28.0. The van der Waals surface area contributed by atoms with E-state index in [4.69, 9.17) is 11.5 Å². The fourth-order valence-corrected chi connectivity index (χ4v) is 12.6. The Labute approximate surface area is 658 Å². The molecule has 4 aromatic carbocycles. The zero-order chi connectivity index (χ0) is 82.0. The minimum Gasteiger partial charge on any atom is -0.508 e. The second-order valence-electron chi connectivity index (χ2n) is 27.2. The lowest BCUT2D eigenvalue weighted by atomic mass is 9.99. The SMILES string of the molecule is CC(C)[C@H](NC(=O)[C@H](Cc1c[nH]c2ccccc12)NC(=O)[C@@H](NC(=O)[C@H](Cc1cnc[nH]1)NC(=O)[C@@H](N)CS)[C@@H](C)O)C(=O)N[C@@H](CS)C(=O)N[C@@H](Cc1ccc(O)cc1)C(=O)N[C@@H](Cc1c[nH]c2ccccc12)C(=O)N[C@@H](Cc1cnc[nH]1)C(=O)N[C@@H](CCC(=O)O)C(=O)N[C@@H](Cc1ccccc1)C(=O)N[C@@H](CO)C(N)=O. The van der Waals surface area contributed by atoms with Crippen LogP contribution in [0.15, 0.2) is 141 Å². The minimum absolute atomic E-state index is 0.0783. The fourth-order valence-electron chi connectivity index (χ4n) is 12.2. The Morgan fingerprint density at radius 2 is 0.814 bits per heavy atom. The Morgan fingerprint density at radius 3 is 1.25 bits per heavy atom. The van der Waals surface area contributed by atoms with Crippen LogP contribution in [-0.2, 0) is 101 Å². The number of carboxylic acid groups (broad SMARTS) is 1. The number of para-hydroxylation sites is 2. The highest BCUT2D eigenvalue weighted by atomic mass is 32.1. The number of H-pyrrole nitrogens is 4. The number of imidazole rings is 2. The van der Waals surface area contributed by atoms with Crippen LogP contribution in [0.3, 0.4) is 0 Å². The summed E-state index contributed by atoms with van der Waals surface area (Å²) in [5.41, 5.74) is 15.1. The number of aromatic amines is 4. The monoisotopic (exact) mass is 1600 g/mol. The molecule has 113 heavy (non-hydrogen) atoms. The van der Waals surface area contributed by atoms with Crippen molar-refractivity contribution >= 4 is 124 Å². The first kappa shape index (κ1) is 86.5. The lowest BCUT2D eigenvalue weighted by Gasteiger charge is -2.29. The number of aliphatic hydroxyl groups is 2. The van der Waals surface area contributed by atoms with E-state index in [9.17, 15) is 73.2 Å². The Morgan fingerprint density at radius 1 is 0.434 bits per heavy atom. The molecule has 0 bridgehead atoms. The molecule has 38 heteroatoms. The van der Waals surface area contributed by atoms with Gasteiger partial charge in [0.25, 0.3) is 0 Å². The fraction of sp³-hybridized carbons (Fsp3) is 0.373. The first-order valence-electron chi connectivity index (χ1n) is 36.0. The summed E-state index contributed by atoms with van der Waals surface area (Å²) in [6.07, 6.45) is 4.09. The smallest absolute Gasteiger partial charge is 0.303 e. The molecule has 4 heterocycles. The molecule has 0 radical (unpaired) electrons. The number of aliphatic carboxylic acids is 1. The van der Waals surface area contributed by atoms with Crippen molar-refractivity contribution in [3.63, 3.8) is 0 Å². The zero-order valence-corrected chi connectivity index (χ0v) is 63.5. The number of carbonyl (C=O) groups is 13. The van der Waals surface area contributed by atoms with E-state index in [2.05, 4.69) is 114 Å². The van der Waals surface area contributed by atoms with Gasteiger partial charge >= 0.3 is 5.97 Å². The van der Waals surface area contributed by atoms with Crippen molar-refractivity contribution in [2.24, 2.45) is 17.4 Å². The molecular formula is C75H93N19O17S2. The van der Waals surface area contributed by atoms with E-state index in [0.29, 0.717) is 49.8 Å². The van der Waals surface area contributed by atoms with Gasteiger partial charge in [0.05, 0.1) is 31.4 Å². The van der Waals surface area contributed by atoms with Gasteiger partial charge in [-0.3, -0.25) is 62.3 Å². The van der Waals surface area contributed by atoms with E-state index >= 15 is 9.59 Å². The predicted octanol–water partition coefficient (Wildman–Crippen LogP) is -2.54. The van der Waals surface area contributed by atoms with Gasteiger partial charge in [-0.1, -0.05) is 92.7 Å². The Balaban J connectivity index is 1.04. The Kier molecular flexibility index (Phi) is 32.0. The summed E-state index contributed by atoms with van der Waals surface area (Å²) in [4.78, 5) is 204. The first-order valence-corrected chi connectivity index (χ1v) is 37.3. The highest BCUT2D eigenvalue weighted by molar-refractivity contribution is 7.80. The van der Waals surface area contributed by atoms with E-state index in [1.54, 1.807) is 105 Å². The molecule has 36 nitrogen and oxygen atoms in total. The van der Waals surface area contributed by atoms with Crippen molar-refractivity contribution in [3.8, 4) is 5.75 Å². The van der Waals surface area contributed by atoms with Crippen molar-refractivity contribution in [1.82, 2.24) is 88.4 Å². The number of aromatic hydroxyl groups is 1. The number of hydrogen-bond acceptors (Lipinski definition) is 21. The van der Waals surface area contributed by atoms with Crippen LogP contribution in [0.4, 0.5) is 0 Å². The molecule has 0 saturated heterocycles. The standard InChI is InChI=1S/C75H93N19O17S2/c1-38(2)62(93-71(107)56(26-43-30-81-51-16-10-8-14-48(43)51)90-75(111)63(39(3)96)94-72(108)58(28-45-32-79-37-83-45)85-65(101)49(76)34-112)74(110)92-60(35-113)73(109)87-54(24-41-17-19-46(97)20-18-41)67(103)88-55(25-42-29-80-50-15-9-7-13-47(42)50)69(105)89-57(27-44-31-78-36-82-44)70(106)84-52(21-22-61(98)99)66(102)86-53(23-40-11-5-4-6-12-40)68(104)91-59(33-95)64(77)100/h4-20,29-32,36-39,49,52-60,62-63,80-81,95-97,112-113H,21-28,33-35,76H2,1-3H3,(H2,77,100)(H,78,82)(H,79,83)(H,84,106)(H,85,101)(H,86,102)(H,87,109)(H,88,103)(H,89,105)(H,90,111)(H,91,104)(H,92,110)(H,93,107)(H,94,108)(H,98,99)/t39-,49+,52+,53+,54+,55+,56+,57+,58+,59+,60+,62+,63+/m1/s1. The second kappa shape index (κ2) is 41.8. The van der Waals surface area contributed by atoms with Crippen LogP contribution in [0.25, 0.3) is 21.8 Å². The summed E-state index contributed by atoms with van der Waals surface area (Å²) in [7, 11) is 0. The molecule has 602 valence electrons. The van der Waals surface area contributed by atoms with E-state index in [-0.39, 0.29) is 55.7 Å². The summed E-state index contributed by atoms with van der Waals surface area (Å²) >= 11 is 8.51. The molecule has 8 rings (SSSR count). The molecule has 23 N–H and O–H groups in total. The number of thiol groups is 2. The van der Waals surface area contributed by atoms with E-state index in [1.165, 1.54) is 56.2 Å². The van der Waals surface area contributed by atoms with Crippen molar-refractivity contribution in [3.05, 3.63) is 174 Å². The minimum atomic E-state index is -1.76. The number of amides is 12. The van der Waals surface area contributed by atoms with E-state index in [0.717, 1.165) is 0 Å². The number of carboxylic acids is 1. The highest BCUT2D eigenvalue weighted by Crippen LogP contribution is 2.23. The summed E-state index contributed by atoms with van der Waals surface area (Å²) < 4.78 is 0. The van der Waals surface area contributed by atoms with Gasteiger partial charge in [-0.15, -0.1) is 0 Å². The maximum atomic E-state index is 15.3. The average Bonchev–Trinajstić information content (AvgIpc) is 1.73. The van der Waals surface area contributed by atoms with Crippen molar-refractivity contribution in [2.45, 2.75) is 151 Å². The van der Waals surface area contributed by atoms with Gasteiger partial charge in [-0.05, 0) is 65.8 Å². The van der Waals surface area contributed by atoms with Gasteiger partial charge in [0.2, 0.25) is 70.9 Å². The molecule has 12 amide bonds. The Bertz CT molecular complexity index is 4600. The molecule has 4 aromatic heterocycles. The molecule has 0 spiro atoms. The van der Waals surface area contributed by atoms with Gasteiger partial charge < -0.3 is 110 Å². The number of nitrogens with two attached hydrogens (primary N) is 2. The number of benzene rings is 4. The van der Waals surface area contributed by atoms with Crippen LogP contribution in [0.5, 0.6) is 5.75 Å². The third-order valence-corrected chi connectivity index (χ3v) is 19.2. The van der Waals surface area contributed by atoms with Crippen molar-refractivity contribution in [1.29, 1.82) is 0 Å². The number of phenolic OH excluding ortho intramolecular Hbond substituents is 1. The number of hydrogen-bond donors (Lipinski definition) is 23. The van der Waals surface area contributed by atoms with Gasteiger partial charge in [0.1, 0.15) is 72.2 Å². The van der Waals surface area contributed by atoms with Crippen molar-refractivity contribution in [2.75, 3.05) is 18.1 Å². The molecule has 0 aliphatic heterocycles. The number of phenols is 1. The van der Waals surface area contributed by atoms with Crippen LogP contribution < -0.4 is 70.0 Å². The van der Waals surface area contributed by atoms with Crippen molar-refractivity contribution < 1.29 is 82.8 Å². The maximum absolute atomic E-state index is 15.3. The average molecular weight is 1600 g/mol. The maximum Gasteiger partial charge on any atom is 0.303 e. The topological polar surface area (TPSA) is 576 Å². The first-order chi connectivity index (χ1) is 54.0. The van der Waals surface area contributed by atoms with Crippen LogP contribution in [0.2, 0.25) is 0 Å². The number of carbonyl (C=O) groups excluding carboxylic acids is 12. The quantitative estimate of drug-likeness (QED) is 0.0175.